The van der Waals surface area contributed by atoms with Crippen molar-refractivity contribution >= 4 is 29.5 Å². The molecule has 28 heavy (non-hydrogen) atoms. The maximum Gasteiger partial charge on any atom is 0.267 e. The number of hydrogen-bond donors (Lipinski definition) is 2. The predicted octanol–water partition coefficient (Wildman–Crippen LogP) is 0.866. The van der Waals surface area contributed by atoms with E-state index in [1.54, 1.807) is 16.5 Å². The number of hydrogen-bond acceptors (Lipinski definition) is 5. The number of carbonyl (C=O) groups excluding carboxylic acids is 3. The molecule has 3 rings (SSSR count). The summed E-state index contributed by atoms with van der Waals surface area (Å²) in [6.45, 7) is 3.93. The number of hydroxylamine groups is 1. The first-order valence-electron chi connectivity index (χ1n) is 9.60. The molecular formula is C20H26N4O4. The van der Waals surface area contributed by atoms with Gasteiger partial charge in [0.05, 0.1) is 0 Å². The highest BCUT2D eigenvalue weighted by Crippen LogP contribution is 2.23. The summed E-state index contributed by atoms with van der Waals surface area (Å²) in [5.74, 6) is -0.342. The Balaban J connectivity index is 1.54. The van der Waals surface area contributed by atoms with Crippen LogP contribution in [0.1, 0.15) is 24.8 Å². The average molecular weight is 386 g/mol. The summed E-state index contributed by atoms with van der Waals surface area (Å²) in [6.07, 6.45) is 4.80. The highest BCUT2D eigenvalue weighted by molar-refractivity contribution is 5.92. The number of para-hydroxylation sites is 1. The molecule has 0 saturated carbocycles. The van der Waals surface area contributed by atoms with E-state index in [1.165, 1.54) is 6.08 Å². The second kappa shape index (κ2) is 9.36. The number of likely N-dealkylation sites (tertiary alicyclic amines) is 1. The molecule has 0 radical (unpaired) electrons. The number of carbonyl (C=O) groups is 3. The lowest BCUT2D eigenvalue weighted by atomic mass is 10.1. The van der Waals surface area contributed by atoms with Gasteiger partial charge in [0.2, 0.25) is 11.8 Å². The Labute approximate surface area is 164 Å². The molecule has 0 bridgehead atoms. The second-order valence-electron chi connectivity index (χ2n) is 6.97. The Kier molecular flexibility index (Phi) is 6.65. The van der Waals surface area contributed by atoms with Gasteiger partial charge in [-0.15, -0.1) is 0 Å². The predicted molar refractivity (Wildman–Crippen MR) is 105 cm³/mol. The minimum Gasteiger partial charge on any atom is -0.367 e. The summed E-state index contributed by atoms with van der Waals surface area (Å²) in [5.41, 5.74) is 3.44. The molecule has 150 valence electrons. The SMILES string of the molecule is O=C(C=Cc1ccccc1N1CCN(C(=O)CCN2CCCC2=O)CC1)NO. The van der Waals surface area contributed by atoms with Gasteiger partial charge in [0.25, 0.3) is 5.91 Å². The van der Waals surface area contributed by atoms with E-state index in [1.807, 2.05) is 29.2 Å². The van der Waals surface area contributed by atoms with Crippen LogP contribution >= 0.6 is 0 Å². The van der Waals surface area contributed by atoms with E-state index >= 15 is 0 Å². The van der Waals surface area contributed by atoms with Crippen molar-refractivity contribution in [3.63, 3.8) is 0 Å². The van der Waals surface area contributed by atoms with Crippen LogP contribution in [0.5, 0.6) is 0 Å². The zero-order valence-electron chi connectivity index (χ0n) is 15.8. The number of nitrogens with one attached hydrogen (secondary N) is 1. The number of piperazine rings is 1. The Hall–Kier alpha value is -2.87. The van der Waals surface area contributed by atoms with Crippen LogP contribution in [0.15, 0.2) is 30.3 Å². The van der Waals surface area contributed by atoms with E-state index in [0.717, 1.165) is 24.2 Å². The van der Waals surface area contributed by atoms with E-state index in [4.69, 9.17) is 5.21 Å². The van der Waals surface area contributed by atoms with Crippen molar-refractivity contribution in [1.82, 2.24) is 15.3 Å². The third kappa shape index (κ3) is 4.89. The quantitative estimate of drug-likeness (QED) is 0.430. The van der Waals surface area contributed by atoms with E-state index in [9.17, 15) is 14.4 Å². The zero-order valence-corrected chi connectivity index (χ0v) is 15.8. The third-order valence-electron chi connectivity index (χ3n) is 5.20. The van der Waals surface area contributed by atoms with Crippen LogP contribution in [0, 0.1) is 0 Å². The molecule has 0 aromatic heterocycles. The number of nitrogens with zero attached hydrogens (tertiary/aromatic N) is 3. The van der Waals surface area contributed by atoms with E-state index < -0.39 is 5.91 Å². The van der Waals surface area contributed by atoms with Crippen molar-refractivity contribution in [2.24, 2.45) is 0 Å². The Morgan fingerprint density at radius 3 is 2.54 bits per heavy atom. The van der Waals surface area contributed by atoms with Crippen LogP contribution in [0.4, 0.5) is 5.69 Å². The standard InChI is InChI=1S/C20H26N4O4/c25-18(21-28)8-7-16-4-1-2-5-17(16)22-12-14-24(15-13-22)20(27)9-11-23-10-3-6-19(23)26/h1-2,4-5,7-8,28H,3,6,9-15H2,(H,21,25). The Bertz CT molecular complexity index is 756. The summed E-state index contributed by atoms with van der Waals surface area (Å²) >= 11 is 0. The molecule has 0 unspecified atom stereocenters. The number of benzene rings is 1. The molecule has 1 aromatic carbocycles. The molecule has 0 atom stereocenters. The van der Waals surface area contributed by atoms with Gasteiger partial charge in [-0.05, 0) is 24.1 Å². The maximum atomic E-state index is 12.5. The van der Waals surface area contributed by atoms with Crippen molar-refractivity contribution in [2.75, 3.05) is 44.2 Å². The monoisotopic (exact) mass is 386 g/mol. The molecule has 2 N–H and O–H groups in total. The Morgan fingerprint density at radius 2 is 1.86 bits per heavy atom. The summed E-state index contributed by atoms with van der Waals surface area (Å²) in [6, 6.07) is 7.71. The summed E-state index contributed by atoms with van der Waals surface area (Å²) in [4.78, 5) is 41.2. The summed E-state index contributed by atoms with van der Waals surface area (Å²) < 4.78 is 0. The molecule has 2 saturated heterocycles. The smallest absolute Gasteiger partial charge is 0.267 e. The topological polar surface area (TPSA) is 93.2 Å². The number of amides is 3. The molecule has 2 heterocycles. The number of rotatable bonds is 6. The fourth-order valence-corrected chi connectivity index (χ4v) is 3.65. The van der Waals surface area contributed by atoms with Crippen molar-refractivity contribution < 1.29 is 19.6 Å². The molecule has 0 aliphatic carbocycles. The van der Waals surface area contributed by atoms with Gasteiger partial charge in [0.1, 0.15) is 0 Å². The van der Waals surface area contributed by atoms with Crippen molar-refractivity contribution in [3.05, 3.63) is 35.9 Å². The van der Waals surface area contributed by atoms with Crippen LogP contribution < -0.4 is 10.4 Å². The molecule has 8 nitrogen and oxygen atoms in total. The third-order valence-corrected chi connectivity index (χ3v) is 5.20. The van der Waals surface area contributed by atoms with Gasteiger partial charge in [-0.1, -0.05) is 18.2 Å². The molecule has 2 aliphatic heterocycles. The van der Waals surface area contributed by atoms with Crippen LogP contribution in [-0.2, 0) is 14.4 Å². The highest BCUT2D eigenvalue weighted by atomic mass is 16.5. The molecule has 3 amide bonds. The summed E-state index contributed by atoms with van der Waals surface area (Å²) in [7, 11) is 0. The summed E-state index contributed by atoms with van der Waals surface area (Å²) in [5, 5.41) is 8.62. The largest absolute Gasteiger partial charge is 0.367 e. The van der Waals surface area contributed by atoms with Gasteiger partial charge in [0, 0.05) is 63.9 Å². The minimum atomic E-state index is -0.582. The second-order valence-corrected chi connectivity index (χ2v) is 6.97. The average Bonchev–Trinajstić information content (AvgIpc) is 3.15. The lowest BCUT2D eigenvalue weighted by molar-refractivity contribution is -0.133. The lowest BCUT2D eigenvalue weighted by Crippen LogP contribution is -2.49. The van der Waals surface area contributed by atoms with Gasteiger partial charge in [-0.2, -0.15) is 0 Å². The molecule has 1 aromatic rings. The van der Waals surface area contributed by atoms with E-state index in [2.05, 4.69) is 4.90 Å². The Morgan fingerprint density at radius 1 is 1.11 bits per heavy atom. The molecule has 2 aliphatic rings. The van der Waals surface area contributed by atoms with Gasteiger partial charge in [-0.3, -0.25) is 19.6 Å². The molecule has 8 heteroatoms. The van der Waals surface area contributed by atoms with Crippen molar-refractivity contribution in [2.45, 2.75) is 19.3 Å². The first kappa shape index (κ1) is 19.9. The minimum absolute atomic E-state index is 0.0900. The maximum absolute atomic E-state index is 12.5. The fourth-order valence-electron chi connectivity index (χ4n) is 3.65. The number of anilines is 1. The van der Waals surface area contributed by atoms with Crippen LogP contribution in [0.2, 0.25) is 0 Å². The van der Waals surface area contributed by atoms with Crippen molar-refractivity contribution in [3.8, 4) is 0 Å². The van der Waals surface area contributed by atoms with Crippen LogP contribution in [0.3, 0.4) is 0 Å². The molecule has 2 fully saturated rings. The van der Waals surface area contributed by atoms with Gasteiger partial charge in [-0.25, -0.2) is 5.48 Å². The first-order valence-corrected chi connectivity index (χ1v) is 9.60. The van der Waals surface area contributed by atoms with Crippen LogP contribution in [0.25, 0.3) is 6.08 Å². The van der Waals surface area contributed by atoms with Gasteiger partial charge >= 0.3 is 0 Å². The molecule has 0 spiro atoms. The normalized spacial score (nSPS) is 17.5. The zero-order chi connectivity index (χ0) is 19.9. The van der Waals surface area contributed by atoms with E-state index in [-0.39, 0.29) is 11.8 Å². The van der Waals surface area contributed by atoms with Gasteiger partial charge < -0.3 is 14.7 Å². The lowest BCUT2D eigenvalue weighted by Gasteiger charge is -2.37. The molecular weight excluding hydrogens is 360 g/mol. The van der Waals surface area contributed by atoms with E-state index in [0.29, 0.717) is 45.6 Å². The van der Waals surface area contributed by atoms with Gasteiger partial charge in [0.15, 0.2) is 0 Å². The highest BCUT2D eigenvalue weighted by Gasteiger charge is 2.25. The fraction of sp³-hybridized carbons (Fsp3) is 0.450. The van der Waals surface area contributed by atoms with Crippen LogP contribution in [-0.4, -0.2) is 72.0 Å². The first-order chi connectivity index (χ1) is 13.6. The van der Waals surface area contributed by atoms with Crippen molar-refractivity contribution in [1.29, 1.82) is 0 Å².